The second kappa shape index (κ2) is 6.91. The molecule has 1 aliphatic heterocycles. The Morgan fingerprint density at radius 2 is 1.50 bits per heavy atom. The van der Waals surface area contributed by atoms with E-state index < -0.39 is 35.8 Å². The van der Waals surface area contributed by atoms with Crippen LogP contribution in [0.3, 0.4) is 0 Å². The van der Waals surface area contributed by atoms with Crippen LogP contribution in [0.2, 0.25) is 0 Å². The van der Waals surface area contributed by atoms with Crippen molar-refractivity contribution in [3.8, 4) is 0 Å². The van der Waals surface area contributed by atoms with Crippen LogP contribution in [-0.4, -0.2) is 95.0 Å². The van der Waals surface area contributed by atoms with Crippen LogP contribution in [0, 0.1) is 0 Å². The first kappa shape index (κ1) is 23.1. The molecule has 0 spiro atoms. The van der Waals surface area contributed by atoms with Crippen LogP contribution in [-0.2, 0) is 4.74 Å². The normalized spacial score (nSPS) is 25.4. The van der Waals surface area contributed by atoms with Crippen molar-refractivity contribution in [2.45, 2.75) is 62.0 Å². The minimum Gasteiger partial charge on any atom is -0.427 e. The molecule has 1 rings (SSSR count). The highest BCUT2D eigenvalue weighted by Gasteiger charge is 2.61. The van der Waals surface area contributed by atoms with Gasteiger partial charge in [0.1, 0.15) is 31.4 Å². The third-order valence-electron chi connectivity index (χ3n) is 4.88. The number of nitrogens with zero attached hydrogens (tertiary/aromatic N) is 2. The molecule has 0 bridgehead atoms. The highest BCUT2D eigenvalue weighted by atomic mass is 19.4. The number of alkyl halides is 6. The zero-order chi connectivity index (χ0) is 20.9. The second-order valence-corrected chi connectivity index (χ2v) is 8.22. The smallest absolute Gasteiger partial charge is 0.427 e. The van der Waals surface area contributed by atoms with Crippen molar-refractivity contribution in [2.24, 2.45) is 0 Å². The minimum atomic E-state index is -5.74. The van der Waals surface area contributed by atoms with E-state index in [1.54, 1.807) is 31.4 Å². The van der Waals surface area contributed by atoms with Crippen molar-refractivity contribution in [3.63, 3.8) is 0 Å². The highest BCUT2D eigenvalue weighted by molar-refractivity contribution is 6.45. The van der Waals surface area contributed by atoms with E-state index in [0.717, 1.165) is 4.90 Å². The fourth-order valence-corrected chi connectivity index (χ4v) is 3.42. The second-order valence-electron chi connectivity index (χ2n) is 8.22. The van der Waals surface area contributed by atoms with Gasteiger partial charge in [-0.2, -0.15) is 26.3 Å². The number of carbonyl (C=O) groups is 1. The Labute approximate surface area is 152 Å². The average Bonchev–Trinajstić information content (AvgIpc) is 2.36. The molecule has 1 saturated heterocycles. The van der Waals surface area contributed by atoms with Gasteiger partial charge in [0.2, 0.25) is 0 Å². The summed E-state index contributed by atoms with van der Waals surface area (Å²) in [5, 5.41) is -1.04. The minimum absolute atomic E-state index is 0.290. The van der Waals surface area contributed by atoms with Crippen LogP contribution in [0.5, 0.6) is 0 Å². The molecule has 0 radical (unpaired) electrons. The number of hydrogen-bond acceptors (Lipinski definition) is 3. The molecule has 0 aromatic carbocycles. The molecule has 1 heterocycles. The predicted octanol–water partition coefficient (Wildman–Crippen LogP) is -1.13. The number of piperazine rings is 1. The van der Waals surface area contributed by atoms with E-state index >= 15 is 0 Å². The summed E-state index contributed by atoms with van der Waals surface area (Å²) in [5.74, 6) is -0.948. The van der Waals surface area contributed by atoms with Crippen LogP contribution in [0.25, 0.3) is 0 Å². The zero-order valence-electron chi connectivity index (χ0n) is 15.9. The first-order valence-electron chi connectivity index (χ1n) is 8.21. The summed E-state index contributed by atoms with van der Waals surface area (Å²) >= 11 is 0. The van der Waals surface area contributed by atoms with Gasteiger partial charge in [-0.25, -0.2) is 4.79 Å². The van der Waals surface area contributed by atoms with Gasteiger partial charge in [0.05, 0.1) is 0 Å². The fourth-order valence-electron chi connectivity index (χ4n) is 3.42. The lowest BCUT2D eigenvalue weighted by atomic mass is 9.49. The van der Waals surface area contributed by atoms with E-state index in [9.17, 15) is 31.1 Å². The zero-order valence-corrected chi connectivity index (χ0v) is 15.9. The number of carbonyl (C=O) groups excluding carboxylic acids is 1. The monoisotopic (exact) mass is 384 g/mol. The van der Waals surface area contributed by atoms with E-state index in [-0.39, 0.29) is 11.5 Å². The molecule has 1 aliphatic rings. The molecule has 0 aliphatic carbocycles. The van der Waals surface area contributed by atoms with E-state index in [2.05, 4.69) is 9.64 Å². The molecule has 1 amide bonds. The van der Waals surface area contributed by atoms with Crippen LogP contribution >= 0.6 is 0 Å². The van der Waals surface area contributed by atoms with E-state index in [1.165, 1.54) is 0 Å². The Kier molecular flexibility index (Phi) is 6.14. The molecule has 0 N–H and O–H groups in total. The molecule has 0 saturated carbocycles. The van der Waals surface area contributed by atoms with Gasteiger partial charge in [0, 0.05) is 18.0 Å². The highest BCUT2D eigenvalue weighted by Crippen LogP contribution is 2.37. The Hall–Kier alpha value is -0.930. The summed E-state index contributed by atoms with van der Waals surface area (Å²) in [6.45, 7) is 6.14. The summed E-state index contributed by atoms with van der Waals surface area (Å²) in [6.07, 6.45) is -17.2. The maximum atomic E-state index is 12.7. The third kappa shape index (κ3) is 4.67. The molecule has 146 valence electrons. The lowest BCUT2D eigenvalue weighted by Crippen LogP contribution is -2.76. The number of rotatable bonds is 1. The predicted molar refractivity (Wildman–Crippen MR) is 95.2 cm³/mol. The summed E-state index contributed by atoms with van der Waals surface area (Å²) in [4.78, 5) is 15.4. The standard InChI is InChI=1S/C12H22B4F6N2O2/c1-9(2,3)23-4-5(13)24(10(15,16)7(23)14)8(25)26-6(11(17,18)19)12(20,21)22/h5-7H,4,13-16H2,1-3H3. The van der Waals surface area contributed by atoms with E-state index in [1.807, 2.05) is 20.8 Å². The third-order valence-corrected chi connectivity index (χ3v) is 4.88. The molecular weight excluding hydrogens is 361 g/mol. The van der Waals surface area contributed by atoms with Crippen LogP contribution in [0.15, 0.2) is 0 Å². The fraction of sp³-hybridized carbons (Fsp3) is 0.917. The van der Waals surface area contributed by atoms with Gasteiger partial charge in [-0.1, -0.05) is 0 Å². The molecule has 1 fully saturated rings. The first-order valence-corrected chi connectivity index (χ1v) is 8.21. The Morgan fingerprint density at radius 3 is 1.85 bits per heavy atom. The molecule has 14 heteroatoms. The van der Waals surface area contributed by atoms with Crippen LogP contribution in [0.1, 0.15) is 20.8 Å². The van der Waals surface area contributed by atoms with Crippen LogP contribution in [0.4, 0.5) is 31.1 Å². The molecular formula is C12H22B4F6N2O2. The van der Waals surface area contributed by atoms with Gasteiger partial charge in [-0.05, 0) is 32.1 Å². The van der Waals surface area contributed by atoms with Gasteiger partial charge < -0.3 is 14.5 Å². The summed E-state index contributed by atoms with van der Waals surface area (Å²) in [5.41, 5.74) is -0.290. The van der Waals surface area contributed by atoms with Crippen molar-refractivity contribution < 1.29 is 35.9 Å². The van der Waals surface area contributed by atoms with Gasteiger partial charge >= 0.3 is 18.4 Å². The van der Waals surface area contributed by atoms with Crippen LogP contribution < -0.4 is 0 Å². The van der Waals surface area contributed by atoms with Gasteiger partial charge in [0.25, 0.3) is 6.10 Å². The summed E-state index contributed by atoms with van der Waals surface area (Å²) in [6, 6.07) is 0. The maximum absolute atomic E-state index is 12.7. The number of ether oxygens (including phenoxy) is 1. The lowest BCUT2D eigenvalue weighted by Gasteiger charge is -2.59. The van der Waals surface area contributed by atoms with Crippen molar-refractivity contribution in [1.29, 1.82) is 0 Å². The van der Waals surface area contributed by atoms with Gasteiger partial charge in [-0.3, -0.25) is 0 Å². The van der Waals surface area contributed by atoms with Crippen molar-refractivity contribution in [2.75, 3.05) is 6.54 Å². The molecule has 0 aromatic heterocycles. The largest absolute Gasteiger partial charge is 0.434 e. The number of hydrogen-bond donors (Lipinski definition) is 0. The Bertz CT molecular complexity index is 523. The lowest BCUT2D eigenvalue weighted by molar-refractivity contribution is -0.309. The molecule has 26 heavy (non-hydrogen) atoms. The first-order chi connectivity index (χ1) is 11.3. The van der Waals surface area contributed by atoms with Gasteiger partial charge in [-0.15, -0.1) is 0 Å². The quantitative estimate of drug-likeness (QED) is 0.424. The number of amides is 1. The van der Waals surface area contributed by atoms with E-state index in [4.69, 9.17) is 0 Å². The molecule has 2 atom stereocenters. The maximum Gasteiger partial charge on any atom is 0.434 e. The SMILES string of the molecule is BC1CN(C(C)(C)C)C(B)C(B)(B)N1C(=O)OC(C(F)(F)F)C(F)(F)F. The molecule has 2 unspecified atom stereocenters. The van der Waals surface area contributed by atoms with Crippen molar-refractivity contribution in [1.82, 2.24) is 9.80 Å². The van der Waals surface area contributed by atoms with Crippen molar-refractivity contribution >= 4 is 37.5 Å². The molecule has 4 nitrogen and oxygen atoms in total. The summed E-state index contributed by atoms with van der Waals surface area (Å²) < 4.78 is 80.1. The van der Waals surface area contributed by atoms with Crippen molar-refractivity contribution in [3.05, 3.63) is 0 Å². The summed E-state index contributed by atoms with van der Waals surface area (Å²) in [7, 11) is 6.55. The number of halogens is 6. The molecule has 0 aromatic rings. The Balaban J connectivity index is 3.16. The van der Waals surface area contributed by atoms with E-state index in [0.29, 0.717) is 6.54 Å². The average molecular weight is 384 g/mol. The Morgan fingerprint density at radius 1 is 1.08 bits per heavy atom. The topological polar surface area (TPSA) is 32.8 Å². The van der Waals surface area contributed by atoms with Gasteiger partial charge in [0.15, 0.2) is 0 Å².